The Morgan fingerprint density at radius 2 is 2.04 bits per heavy atom. The van der Waals surface area contributed by atoms with Gasteiger partial charge < -0.3 is 9.64 Å². The van der Waals surface area contributed by atoms with Crippen molar-refractivity contribution in [2.45, 2.75) is 20.0 Å². The van der Waals surface area contributed by atoms with Crippen LogP contribution in [-0.4, -0.2) is 29.9 Å². The van der Waals surface area contributed by atoms with Gasteiger partial charge >= 0.3 is 0 Å². The fraction of sp³-hybridized carbons (Fsp3) is 0.190. The fourth-order valence-electron chi connectivity index (χ4n) is 3.13. The first-order chi connectivity index (χ1) is 13.4. The van der Waals surface area contributed by atoms with Crippen LogP contribution in [0.1, 0.15) is 22.8 Å². The minimum absolute atomic E-state index is 0.0888. The summed E-state index contributed by atoms with van der Waals surface area (Å²) in [5.74, 6) is 0.396. The number of nitrogens with one attached hydrogen (secondary N) is 1. The number of hydrogen-bond donors (Lipinski definition) is 1. The van der Waals surface area contributed by atoms with Gasteiger partial charge in [0.15, 0.2) is 11.2 Å². The number of aryl methyl sites for hydroxylation is 1. The molecule has 6 nitrogen and oxygen atoms in total. The highest BCUT2D eigenvalue weighted by molar-refractivity contribution is 7.14. The van der Waals surface area contributed by atoms with Gasteiger partial charge in [-0.3, -0.25) is 14.9 Å². The predicted molar refractivity (Wildman–Crippen MR) is 110 cm³/mol. The zero-order chi connectivity index (χ0) is 19.8. The van der Waals surface area contributed by atoms with Crippen molar-refractivity contribution in [1.82, 2.24) is 4.98 Å². The van der Waals surface area contributed by atoms with Gasteiger partial charge in [0.1, 0.15) is 5.75 Å². The zero-order valence-electron chi connectivity index (χ0n) is 15.7. The normalized spacial score (nSPS) is 15.8. The lowest BCUT2D eigenvalue weighted by Gasteiger charge is -2.30. The van der Waals surface area contributed by atoms with Gasteiger partial charge in [0, 0.05) is 23.6 Å². The highest BCUT2D eigenvalue weighted by Crippen LogP contribution is 2.37. The van der Waals surface area contributed by atoms with Crippen LogP contribution in [0.4, 0.5) is 10.8 Å². The first kappa shape index (κ1) is 18.2. The number of likely N-dealkylation sites (N-methyl/N-ethyl adjacent to an activating group) is 1. The van der Waals surface area contributed by atoms with Gasteiger partial charge in [-0.15, -0.1) is 11.3 Å². The second-order valence-corrected chi connectivity index (χ2v) is 7.50. The van der Waals surface area contributed by atoms with Gasteiger partial charge in [0.25, 0.3) is 11.8 Å². The lowest BCUT2D eigenvalue weighted by Crippen LogP contribution is -2.41. The summed E-state index contributed by atoms with van der Waals surface area (Å²) in [5, 5.41) is 5.25. The van der Waals surface area contributed by atoms with E-state index in [-0.39, 0.29) is 11.8 Å². The molecule has 0 spiro atoms. The SMILES string of the molecule is Cc1ccccc1C(=O)Nc1nc(-c2ccc3c(c2)N(C)C(=O)C(C)O3)cs1. The molecule has 0 bridgehead atoms. The van der Waals surface area contributed by atoms with E-state index in [1.54, 1.807) is 24.9 Å². The van der Waals surface area contributed by atoms with Gasteiger partial charge in [-0.25, -0.2) is 4.98 Å². The van der Waals surface area contributed by atoms with Gasteiger partial charge in [-0.1, -0.05) is 18.2 Å². The molecule has 1 aliphatic heterocycles. The summed E-state index contributed by atoms with van der Waals surface area (Å²) < 4.78 is 5.66. The highest BCUT2D eigenvalue weighted by atomic mass is 32.1. The number of hydrogen-bond acceptors (Lipinski definition) is 5. The maximum atomic E-state index is 12.5. The molecule has 7 heteroatoms. The molecule has 0 saturated heterocycles. The maximum Gasteiger partial charge on any atom is 0.267 e. The number of aromatic nitrogens is 1. The molecule has 142 valence electrons. The molecule has 1 N–H and O–H groups in total. The quantitative estimate of drug-likeness (QED) is 0.727. The summed E-state index contributed by atoms with van der Waals surface area (Å²) in [6, 6.07) is 13.0. The number of thiazole rings is 1. The summed E-state index contributed by atoms with van der Waals surface area (Å²) in [6.07, 6.45) is -0.495. The van der Waals surface area contributed by atoms with Crippen molar-refractivity contribution in [3.8, 4) is 17.0 Å². The molecule has 0 fully saturated rings. The van der Waals surface area contributed by atoms with Crippen LogP contribution in [0.3, 0.4) is 0 Å². The molecule has 2 amide bonds. The van der Waals surface area contributed by atoms with E-state index < -0.39 is 6.10 Å². The number of rotatable bonds is 3. The summed E-state index contributed by atoms with van der Waals surface area (Å²) in [5.41, 5.74) is 3.82. The topological polar surface area (TPSA) is 71.5 Å². The van der Waals surface area contributed by atoms with E-state index in [0.29, 0.717) is 22.1 Å². The van der Waals surface area contributed by atoms with Crippen molar-refractivity contribution in [3.63, 3.8) is 0 Å². The minimum atomic E-state index is -0.495. The van der Waals surface area contributed by atoms with Crippen LogP contribution in [0, 0.1) is 6.92 Å². The van der Waals surface area contributed by atoms with Crippen LogP contribution >= 0.6 is 11.3 Å². The van der Waals surface area contributed by atoms with Crippen molar-refractivity contribution < 1.29 is 14.3 Å². The third kappa shape index (κ3) is 3.25. The number of anilines is 2. The fourth-order valence-corrected chi connectivity index (χ4v) is 3.84. The van der Waals surface area contributed by atoms with Gasteiger partial charge in [-0.05, 0) is 43.7 Å². The van der Waals surface area contributed by atoms with E-state index in [1.165, 1.54) is 11.3 Å². The summed E-state index contributed by atoms with van der Waals surface area (Å²) in [4.78, 5) is 30.8. The van der Waals surface area contributed by atoms with Gasteiger partial charge in [0.05, 0.1) is 11.4 Å². The average molecular weight is 393 g/mol. The van der Waals surface area contributed by atoms with Crippen LogP contribution in [0.15, 0.2) is 47.8 Å². The van der Waals surface area contributed by atoms with Crippen molar-refractivity contribution in [2.24, 2.45) is 0 Å². The molecular weight excluding hydrogens is 374 g/mol. The third-order valence-corrected chi connectivity index (χ3v) is 5.47. The van der Waals surface area contributed by atoms with Crippen molar-refractivity contribution in [2.75, 3.05) is 17.3 Å². The molecule has 1 unspecified atom stereocenters. The number of amides is 2. The molecule has 4 rings (SSSR count). The van der Waals surface area contributed by atoms with E-state index in [2.05, 4.69) is 10.3 Å². The third-order valence-electron chi connectivity index (χ3n) is 4.71. The number of carbonyl (C=O) groups excluding carboxylic acids is 2. The Morgan fingerprint density at radius 3 is 2.82 bits per heavy atom. The van der Waals surface area contributed by atoms with Crippen molar-refractivity contribution >= 4 is 34.0 Å². The Morgan fingerprint density at radius 1 is 1.25 bits per heavy atom. The molecule has 2 heterocycles. The first-order valence-electron chi connectivity index (χ1n) is 8.85. The average Bonchev–Trinajstić information content (AvgIpc) is 3.15. The second kappa shape index (κ2) is 7.09. The molecule has 2 aromatic carbocycles. The maximum absolute atomic E-state index is 12.5. The standard InChI is InChI=1S/C21H19N3O3S/c1-12-6-4-5-7-15(12)19(25)23-21-22-16(11-28-21)14-8-9-18-17(10-14)24(3)20(26)13(2)27-18/h4-11,13H,1-3H3,(H,22,23,25). The highest BCUT2D eigenvalue weighted by Gasteiger charge is 2.29. The Hall–Kier alpha value is -3.19. The zero-order valence-corrected chi connectivity index (χ0v) is 16.5. The molecule has 1 aliphatic rings. The van der Waals surface area contributed by atoms with Gasteiger partial charge in [0.2, 0.25) is 0 Å². The molecule has 3 aromatic rings. The van der Waals surface area contributed by atoms with E-state index in [4.69, 9.17) is 4.74 Å². The Labute approximate surface area is 166 Å². The molecule has 0 radical (unpaired) electrons. The molecular formula is C21H19N3O3S. The largest absolute Gasteiger partial charge is 0.479 e. The van der Waals surface area contributed by atoms with Crippen molar-refractivity contribution in [1.29, 1.82) is 0 Å². The minimum Gasteiger partial charge on any atom is -0.479 e. The molecule has 0 aliphatic carbocycles. The lowest BCUT2D eigenvalue weighted by molar-refractivity contribution is -0.125. The monoisotopic (exact) mass is 393 g/mol. The Kier molecular flexibility index (Phi) is 4.60. The number of benzene rings is 2. The number of carbonyl (C=O) groups is 2. The molecule has 28 heavy (non-hydrogen) atoms. The number of nitrogens with zero attached hydrogens (tertiary/aromatic N) is 2. The lowest BCUT2D eigenvalue weighted by atomic mass is 10.1. The first-order valence-corrected chi connectivity index (χ1v) is 9.73. The molecule has 1 aromatic heterocycles. The molecule has 1 atom stereocenters. The number of ether oxygens (including phenoxy) is 1. The smallest absolute Gasteiger partial charge is 0.267 e. The second-order valence-electron chi connectivity index (χ2n) is 6.65. The van der Waals surface area contributed by atoms with E-state index in [1.807, 2.05) is 48.7 Å². The van der Waals surface area contributed by atoms with Crippen LogP contribution in [0.25, 0.3) is 11.3 Å². The Bertz CT molecular complexity index is 1080. The number of fused-ring (bicyclic) bond motifs is 1. The van der Waals surface area contributed by atoms with Gasteiger partial charge in [-0.2, -0.15) is 0 Å². The van der Waals surface area contributed by atoms with Crippen LogP contribution in [-0.2, 0) is 4.79 Å². The van der Waals surface area contributed by atoms with E-state index in [9.17, 15) is 9.59 Å². The van der Waals surface area contributed by atoms with Crippen LogP contribution in [0.5, 0.6) is 5.75 Å². The Balaban J connectivity index is 1.58. The van der Waals surface area contributed by atoms with E-state index in [0.717, 1.165) is 16.8 Å². The van der Waals surface area contributed by atoms with Crippen molar-refractivity contribution in [3.05, 3.63) is 59.0 Å². The summed E-state index contributed by atoms with van der Waals surface area (Å²) >= 11 is 1.36. The van der Waals surface area contributed by atoms with E-state index >= 15 is 0 Å². The summed E-state index contributed by atoms with van der Waals surface area (Å²) in [6.45, 7) is 3.63. The predicted octanol–water partition coefficient (Wildman–Crippen LogP) is 4.11. The van der Waals surface area contributed by atoms with Crippen LogP contribution in [0.2, 0.25) is 0 Å². The van der Waals surface area contributed by atoms with Crippen LogP contribution < -0.4 is 15.0 Å². The summed E-state index contributed by atoms with van der Waals surface area (Å²) in [7, 11) is 1.73. The molecule has 0 saturated carbocycles.